The summed E-state index contributed by atoms with van der Waals surface area (Å²) in [6.45, 7) is 0. The number of nitrogens with one attached hydrogen (secondary N) is 2. The molecule has 4 N–H and O–H groups in total. The van der Waals surface area contributed by atoms with E-state index in [1.165, 1.54) is 52.6 Å². The normalized spacial score (nSPS) is 24.5. The van der Waals surface area contributed by atoms with Crippen LogP contribution in [0.15, 0.2) is 36.5 Å². The topological polar surface area (TPSA) is 79.6 Å². The minimum atomic E-state index is 0.333. The van der Waals surface area contributed by atoms with Crippen LogP contribution in [0.1, 0.15) is 48.8 Å². The Kier molecular flexibility index (Phi) is 3.26. The maximum atomic E-state index is 5.91. The van der Waals surface area contributed by atoms with Gasteiger partial charge in [0.05, 0.1) is 28.0 Å². The predicted octanol–water partition coefficient (Wildman–Crippen LogP) is 5.20. The molecule has 136 valence electrons. The van der Waals surface area contributed by atoms with Crippen molar-refractivity contribution in [1.29, 1.82) is 0 Å². The van der Waals surface area contributed by atoms with Gasteiger partial charge in [0.2, 0.25) is 0 Å². The molecule has 0 bridgehead atoms. The van der Waals surface area contributed by atoms with Gasteiger partial charge in [-0.15, -0.1) is 0 Å². The zero-order valence-corrected chi connectivity index (χ0v) is 15.7. The molecule has 3 atom stereocenters. The van der Waals surface area contributed by atoms with Crippen molar-refractivity contribution >= 4 is 43.3 Å². The third-order valence-electron chi connectivity index (χ3n) is 6.38. The summed E-state index contributed by atoms with van der Waals surface area (Å²) in [7, 11) is 0. The molecule has 0 spiro atoms. The monoisotopic (exact) mass is 375 g/mol. The van der Waals surface area contributed by atoms with E-state index < -0.39 is 0 Å². The van der Waals surface area contributed by atoms with Gasteiger partial charge < -0.3 is 11.1 Å². The Morgan fingerprint density at radius 2 is 2.04 bits per heavy atom. The molecule has 1 fully saturated rings. The van der Waals surface area contributed by atoms with Crippen LogP contribution in [0.2, 0.25) is 0 Å². The van der Waals surface area contributed by atoms with Crippen molar-refractivity contribution in [2.75, 3.05) is 11.1 Å². The number of nitrogens with zero attached hydrogens (tertiary/aromatic N) is 2. The Hall–Kier alpha value is -2.60. The maximum Gasteiger partial charge on any atom is 0.181 e. The van der Waals surface area contributed by atoms with E-state index in [9.17, 15) is 0 Å². The number of aromatic amines is 1. The second kappa shape index (κ2) is 5.70. The van der Waals surface area contributed by atoms with Crippen LogP contribution in [0.3, 0.4) is 0 Å². The second-order valence-corrected chi connectivity index (χ2v) is 8.88. The summed E-state index contributed by atoms with van der Waals surface area (Å²) in [5.41, 5.74) is 12.1. The number of aromatic nitrogens is 3. The SMILES string of the molecule is Nc1nc2ccc([C@@H]3Nc4ccc5[nH]ncc5c4[C@H]4CCCC[C@H]43)cc2s1. The second-order valence-electron chi connectivity index (χ2n) is 7.81. The molecule has 0 radical (unpaired) electrons. The van der Waals surface area contributed by atoms with Crippen molar-refractivity contribution in [2.24, 2.45) is 5.92 Å². The zero-order chi connectivity index (χ0) is 18.0. The number of benzene rings is 2. The number of hydrogen-bond donors (Lipinski definition) is 3. The third kappa shape index (κ3) is 2.29. The number of fused-ring (bicyclic) bond motifs is 6. The number of thiazole rings is 1. The lowest BCUT2D eigenvalue weighted by Crippen LogP contribution is -2.33. The van der Waals surface area contributed by atoms with Gasteiger partial charge in [0, 0.05) is 11.1 Å². The third-order valence-corrected chi connectivity index (χ3v) is 7.23. The molecule has 27 heavy (non-hydrogen) atoms. The number of nitrogen functional groups attached to an aromatic ring is 1. The van der Waals surface area contributed by atoms with Crippen LogP contribution in [0, 0.1) is 5.92 Å². The summed E-state index contributed by atoms with van der Waals surface area (Å²) in [6.07, 6.45) is 7.14. The maximum absolute atomic E-state index is 5.91. The minimum absolute atomic E-state index is 0.333. The zero-order valence-electron chi connectivity index (χ0n) is 14.9. The first kappa shape index (κ1) is 15.5. The van der Waals surface area contributed by atoms with Crippen molar-refractivity contribution in [3.8, 4) is 0 Å². The van der Waals surface area contributed by atoms with Gasteiger partial charge in [-0.3, -0.25) is 5.10 Å². The molecule has 0 saturated heterocycles. The van der Waals surface area contributed by atoms with E-state index in [2.05, 4.69) is 50.8 Å². The molecular weight excluding hydrogens is 354 g/mol. The molecule has 1 saturated carbocycles. The van der Waals surface area contributed by atoms with Crippen LogP contribution in [-0.4, -0.2) is 15.2 Å². The highest BCUT2D eigenvalue weighted by Crippen LogP contribution is 2.53. The molecule has 4 aromatic rings. The summed E-state index contributed by atoms with van der Waals surface area (Å²) in [5, 5.41) is 13.2. The Labute approximate surface area is 161 Å². The summed E-state index contributed by atoms with van der Waals surface area (Å²) < 4.78 is 1.18. The van der Waals surface area contributed by atoms with E-state index in [1.807, 2.05) is 6.20 Å². The highest BCUT2D eigenvalue weighted by molar-refractivity contribution is 7.22. The van der Waals surface area contributed by atoms with Crippen LogP contribution in [0.4, 0.5) is 10.8 Å². The fraction of sp³-hybridized carbons (Fsp3) is 0.333. The van der Waals surface area contributed by atoms with E-state index in [-0.39, 0.29) is 0 Å². The highest BCUT2D eigenvalue weighted by Gasteiger charge is 2.39. The first-order chi connectivity index (χ1) is 13.3. The van der Waals surface area contributed by atoms with Crippen molar-refractivity contribution in [1.82, 2.24) is 15.2 Å². The fourth-order valence-electron chi connectivity index (χ4n) is 5.24. The average molecular weight is 376 g/mol. The van der Waals surface area contributed by atoms with Crippen LogP contribution < -0.4 is 11.1 Å². The standard InChI is InChI=1S/C21H21N5S/c22-21-25-16-6-5-11(9-18(16)27-21)20-13-4-2-1-3-12(13)19-14-10-23-26-15(14)7-8-17(19)24-20/h5-10,12-13,20,24H,1-4H2,(H2,22,25)(H,23,26)/t12-,13+,20-/m0/s1. The molecule has 2 aromatic heterocycles. The van der Waals surface area contributed by atoms with E-state index in [0.29, 0.717) is 23.0 Å². The van der Waals surface area contributed by atoms with Crippen LogP contribution in [0.5, 0.6) is 0 Å². The molecule has 0 unspecified atom stereocenters. The Morgan fingerprint density at radius 1 is 1.11 bits per heavy atom. The first-order valence-corrected chi connectivity index (χ1v) is 10.5. The quantitative estimate of drug-likeness (QED) is 0.427. The Balaban J connectivity index is 1.51. The molecule has 3 heterocycles. The fourth-order valence-corrected chi connectivity index (χ4v) is 6.02. The molecule has 1 aliphatic carbocycles. The molecule has 6 rings (SSSR count). The number of H-pyrrole nitrogens is 1. The van der Waals surface area contributed by atoms with Gasteiger partial charge >= 0.3 is 0 Å². The smallest absolute Gasteiger partial charge is 0.181 e. The summed E-state index contributed by atoms with van der Waals surface area (Å²) in [6, 6.07) is 11.3. The number of nitrogens with two attached hydrogens (primary N) is 1. The van der Waals surface area contributed by atoms with Crippen molar-refractivity contribution in [3.05, 3.63) is 47.7 Å². The van der Waals surface area contributed by atoms with Gasteiger partial charge in [0.15, 0.2) is 5.13 Å². The molecule has 1 aliphatic heterocycles. The number of anilines is 2. The number of hydrogen-bond acceptors (Lipinski definition) is 5. The van der Waals surface area contributed by atoms with Crippen LogP contribution in [-0.2, 0) is 0 Å². The lowest BCUT2D eigenvalue weighted by molar-refractivity contribution is 0.267. The van der Waals surface area contributed by atoms with E-state index >= 15 is 0 Å². The lowest BCUT2D eigenvalue weighted by Gasteiger charge is -2.44. The molecular formula is C21H21N5S. The van der Waals surface area contributed by atoms with Gasteiger partial charge in [-0.1, -0.05) is 30.2 Å². The Morgan fingerprint density at radius 3 is 3.00 bits per heavy atom. The van der Waals surface area contributed by atoms with Crippen molar-refractivity contribution in [3.63, 3.8) is 0 Å². The molecule has 6 heteroatoms. The van der Waals surface area contributed by atoms with E-state index in [0.717, 1.165) is 11.0 Å². The van der Waals surface area contributed by atoms with Gasteiger partial charge in [0.25, 0.3) is 0 Å². The summed E-state index contributed by atoms with van der Waals surface area (Å²) in [4.78, 5) is 4.41. The highest BCUT2D eigenvalue weighted by atomic mass is 32.1. The van der Waals surface area contributed by atoms with Gasteiger partial charge in [-0.2, -0.15) is 5.10 Å². The Bertz CT molecular complexity index is 1160. The van der Waals surface area contributed by atoms with Crippen molar-refractivity contribution in [2.45, 2.75) is 37.6 Å². The average Bonchev–Trinajstić information content (AvgIpc) is 3.31. The summed E-state index contributed by atoms with van der Waals surface area (Å²) >= 11 is 1.57. The van der Waals surface area contributed by atoms with Gasteiger partial charge in [-0.25, -0.2) is 4.98 Å². The lowest BCUT2D eigenvalue weighted by atomic mass is 9.67. The molecule has 0 amide bonds. The molecule has 5 nitrogen and oxygen atoms in total. The van der Waals surface area contributed by atoms with Gasteiger partial charge in [-0.05, 0) is 60.1 Å². The van der Waals surface area contributed by atoms with Crippen LogP contribution >= 0.6 is 11.3 Å². The molecule has 2 aliphatic rings. The van der Waals surface area contributed by atoms with E-state index in [1.54, 1.807) is 11.3 Å². The van der Waals surface area contributed by atoms with Crippen LogP contribution in [0.25, 0.3) is 21.1 Å². The summed E-state index contributed by atoms with van der Waals surface area (Å²) in [5.74, 6) is 1.19. The van der Waals surface area contributed by atoms with Crippen molar-refractivity contribution < 1.29 is 0 Å². The largest absolute Gasteiger partial charge is 0.378 e. The molecule has 2 aromatic carbocycles. The first-order valence-electron chi connectivity index (χ1n) is 9.66. The van der Waals surface area contributed by atoms with E-state index in [4.69, 9.17) is 5.73 Å². The number of rotatable bonds is 1. The van der Waals surface area contributed by atoms with Gasteiger partial charge in [0.1, 0.15) is 0 Å². The predicted molar refractivity (Wildman–Crippen MR) is 111 cm³/mol. The minimum Gasteiger partial charge on any atom is -0.378 e.